The Morgan fingerprint density at radius 2 is 1.55 bits per heavy atom. The number of likely N-dealkylation sites (N-methyl/N-ethyl adjacent to an activating group) is 1. The highest BCUT2D eigenvalue weighted by atomic mass is 16.5. The minimum Gasteiger partial charge on any atom is -0.494 e. The molecule has 1 amide bonds. The zero-order valence-electron chi connectivity index (χ0n) is 16.9. The first-order valence-electron chi connectivity index (χ1n) is 10.1. The SMILES string of the molecule is CCN(C(=O)CNc1ccc(OCCCc2ccccc2)cc1)c1ccccc1. The van der Waals surface area contributed by atoms with Crippen molar-refractivity contribution >= 4 is 17.3 Å². The fraction of sp³-hybridized carbons (Fsp3) is 0.240. The zero-order valence-corrected chi connectivity index (χ0v) is 16.9. The Morgan fingerprint density at radius 1 is 0.897 bits per heavy atom. The number of nitrogens with one attached hydrogen (secondary N) is 1. The van der Waals surface area contributed by atoms with Crippen molar-refractivity contribution in [3.8, 4) is 5.75 Å². The maximum Gasteiger partial charge on any atom is 0.246 e. The Balaban J connectivity index is 1.42. The summed E-state index contributed by atoms with van der Waals surface area (Å²) in [7, 11) is 0. The van der Waals surface area contributed by atoms with Gasteiger partial charge in [-0.05, 0) is 61.7 Å². The molecule has 0 aromatic heterocycles. The molecule has 1 N–H and O–H groups in total. The van der Waals surface area contributed by atoms with Crippen LogP contribution in [0.15, 0.2) is 84.9 Å². The first kappa shape index (κ1) is 20.5. The molecule has 0 radical (unpaired) electrons. The summed E-state index contributed by atoms with van der Waals surface area (Å²) in [6.07, 6.45) is 1.99. The van der Waals surface area contributed by atoms with Gasteiger partial charge in [-0.15, -0.1) is 0 Å². The van der Waals surface area contributed by atoms with Gasteiger partial charge in [0.25, 0.3) is 0 Å². The molecule has 3 aromatic rings. The standard InChI is InChI=1S/C25H28N2O2/c1-2-27(23-13-7-4-8-14-23)25(28)20-26-22-15-17-24(18-16-22)29-19-9-12-21-10-5-3-6-11-21/h3-8,10-11,13-18,26H,2,9,12,19-20H2,1H3. The van der Waals surface area contributed by atoms with Gasteiger partial charge in [0.05, 0.1) is 13.2 Å². The Bertz CT molecular complexity index is 864. The van der Waals surface area contributed by atoms with E-state index in [0.29, 0.717) is 13.2 Å². The lowest BCUT2D eigenvalue weighted by Crippen LogP contribution is -2.35. The maximum atomic E-state index is 12.5. The third-order valence-electron chi connectivity index (χ3n) is 4.70. The summed E-state index contributed by atoms with van der Waals surface area (Å²) in [6.45, 7) is 3.55. The van der Waals surface area contributed by atoms with E-state index in [1.807, 2.05) is 67.6 Å². The van der Waals surface area contributed by atoms with Crippen molar-refractivity contribution < 1.29 is 9.53 Å². The Hall–Kier alpha value is -3.27. The molecule has 0 heterocycles. The molecular formula is C25H28N2O2. The molecular weight excluding hydrogens is 360 g/mol. The van der Waals surface area contributed by atoms with E-state index < -0.39 is 0 Å². The number of nitrogens with zero attached hydrogens (tertiary/aromatic N) is 1. The number of aryl methyl sites for hydroxylation is 1. The van der Waals surface area contributed by atoms with Gasteiger partial charge in [0.15, 0.2) is 0 Å². The highest BCUT2D eigenvalue weighted by molar-refractivity contribution is 5.96. The molecule has 150 valence electrons. The van der Waals surface area contributed by atoms with Gasteiger partial charge in [0, 0.05) is 17.9 Å². The zero-order chi connectivity index (χ0) is 20.3. The Labute approximate surface area is 173 Å². The molecule has 29 heavy (non-hydrogen) atoms. The van der Waals surface area contributed by atoms with E-state index in [2.05, 4.69) is 29.6 Å². The second-order valence-electron chi connectivity index (χ2n) is 6.79. The first-order valence-corrected chi connectivity index (χ1v) is 10.1. The van der Waals surface area contributed by atoms with E-state index in [-0.39, 0.29) is 12.5 Å². The van der Waals surface area contributed by atoms with Gasteiger partial charge in [0.2, 0.25) is 5.91 Å². The molecule has 0 aliphatic rings. The number of rotatable bonds is 10. The molecule has 4 nitrogen and oxygen atoms in total. The number of para-hydroxylation sites is 1. The second-order valence-corrected chi connectivity index (χ2v) is 6.79. The molecule has 3 aromatic carbocycles. The van der Waals surface area contributed by atoms with E-state index in [9.17, 15) is 4.79 Å². The fourth-order valence-corrected chi connectivity index (χ4v) is 3.16. The molecule has 0 saturated carbocycles. The van der Waals surface area contributed by atoms with Gasteiger partial charge >= 0.3 is 0 Å². The molecule has 0 fully saturated rings. The first-order chi connectivity index (χ1) is 14.3. The van der Waals surface area contributed by atoms with Crippen LogP contribution in [-0.4, -0.2) is 25.6 Å². The number of carbonyl (C=O) groups excluding carboxylic acids is 1. The summed E-state index contributed by atoms with van der Waals surface area (Å²) < 4.78 is 5.82. The van der Waals surface area contributed by atoms with Crippen molar-refractivity contribution in [1.82, 2.24) is 0 Å². The molecule has 0 aliphatic carbocycles. The molecule has 0 unspecified atom stereocenters. The number of carbonyl (C=O) groups is 1. The van der Waals surface area contributed by atoms with Crippen molar-refractivity contribution in [3.63, 3.8) is 0 Å². The number of hydrogen-bond acceptors (Lipinski definition) is 3. The van der Waals surface area contributed by atoms with Crippen LogP contribution >= 0.6 is 0 Å². The van der Waals surface area contributed by atoms with Crippen LogP contribution in [0.3, 0.4) is 0 Å². The number of ether oxygens (including phenoxy) is 1. The van der Waals surface area contributed by atoms with Crippen LogP contribution in [0.4, 0.5) is 11.4 Å². The summed E-state index contributed by atoms with van der Waals surface area (Å²) in [6, 6.07) is 27.9. The van der Waals surface area contributed by atoms with Crippen LogP contribution in [0, 0.1) is 0 Å². The van der Waals surface area contributed by atoms with Crippen molar-refractivity contribution in [3.05, 3.63) is 90.5 Å². The lowest BCUT2D eigenvalue weighted by Gasteiger charge is -2.21. The molecule has 0 atom stereocenters. The second kappa shape index (κ2) is 10.9. The predicted octanol–water partition coefficient (Wildman–Crippen LogP) is 5.16. The molecule has 0 bridgehead atoms. The molecule has 0 aliphatic heterocycles. The Morgan fingerprint density at radius 3 is 2.21 bits per heavy atom. The monoisotopic (exact) mass is 388 g/mol. The molecule has 0 saturated heterocycles. The maximum absolute atomic E-state index is 12.5. The van der Waals surface area contributed by atoms with Gasteiger partial charge in [-0.25, -0.2) is 0 Å². The largest absolute Gasteiger partial charge is 0.494 e. The van der Waals surface area contributed by atoms with Crippen LogP contribution < -0.4 is 15.0 Å². The summed E-state index contributed by atoms with van der Waals surface area (Å²) in [5.74, 6) is 0.884. The average Bonchev–Trinajstić information content (AvgIpc) is 2.78. The minimum absolute atomic E-state index is 0.0416. The summed E-state index contributed by atoms with van der Waals surface area (Å²) in [4.78, 5) is 14.3. The molecule has 4 heteroatoms. The summed E-state index contributed by atoms with van der Waals surface area (Å²) >= 11 is 0. The highest BCUT2D eigenvalue weighted by Gasteiger charge is 2.13. The quantitative estimate of drug-likeness (QED) is 0.488. The molecule has 3 rings (SSSR count). The van der Waals surface area contributed by atoms with E-state index in [4.69, 9.17) is 4.74 Å². The van der Waals surface area contributed by atoms with Crippen molar-refractivity contribution in [1.29, 1.82) is 0 Å². The third-order valence-corrected chi connectivity index (χ3v) is 4.70. The minimum atomic E-state index is 0.0416. The van der Waals surface area contributed by atoms with Gasteiger partial charge in [0.1, 0.15) is 5.75 Å². The third kappa shape index (κ3) is 6.39. The van der Waals surface area contributed by atoms with Gasteiger partial charge in [-0.1, -0.05) is 48.5 Å². The van der Waals surface area contributed by atoms with E-state index in [1.54, 1.807) is 4.90 Å². The smallest absolute Gasteiger partial charge is 0.246 e. The lowest BCUT2D eigenvalue weighted by atomic mass is 10.1. The van der Waals surface area contributed by atoms with Crippen LogP contribution in [-0.2, 0) is 11.2 Å². The molecule has 0 spiro atoms. The highest BCUT2D eigenvalue weighted by Crippen LogP contribution is 2.17. The van der Waals surface area contributed by atoms with Crippen molar-refractivity contribution in [2.45, 2.75) is 19.8 Å². The Kier molecular flexibility index (Phi) is 7.70. The van der Waals surface area contributed by atoms with Crippen molar-refractivity contribution in [2.24, 2.45) is 0 Å². The van der Waals surface area contributed by atoms with E-state index in [1.165, 1.54) is 5.56 Å². The van der Waals surface area contributed by atoms with Crippen molar-refractivity contribution in [2.75, 3.05) is 29.9 Å². The topological polar surface area (TPSA) is 41.6 Å². The summed E-state index contributed by atoms with van der Waals surface area (Å²) in [5.41, 5.74) is 3.15. The van der Waals surface area contributed by atoms with Crippen LogP contribution in [0.1, 0.15) is 18.9 Å². The normalized spacial score (nSPS) is 10.4. The number of anilines is 2. The van der Waals surface area contributed by atoms with Gasteiger partial charge in [-0.3, -0.25) is 4.79 Å². The number of hydrogen-bond donors (Lipinski definition) is 1. The van der Waals surface area contributed by atoms with Crippen LogP contribution in [0.5, 0.6) is 5.75 Å². The van der Waals surface area contributed by atoms with E-state index >= 15 is 0 Å². The van der Waals surface area contributed by atoms with Gasteiger partial charge in [-0.2, -0.15) is 0 Å². The van der Waals surface area contributed by atoms with Crippen LogP contribution in [0.25, 0.3) is 0 Å². The average molecular weight is 389 g/mol. The predicted molar refractivity (Wildman–Crippen MR) is 120 cm³/mol. The van der Waals surface area contributed by atoms with Crippen LogP contribution in [0.2, 0.25) is 0 Å². The lowest BCUT2D eigenvalue weighted by molar-refractivity contribution is -0.116. The summed E-state index contributed by atoms with van der Waals surface area (Å²) in [5, 5.41) is 3.20. The fourth-order valence-electron chi connectivity index (χ4n) is 3.16. The van der Waals surface area contributed by atoms with Gasteiger partial charge < -0.3 is 15.0 Å². The van der Waals surface area contributed by atoms with E-state index in [0.717, 1.165) is 30.0 Å². The number of amides is 1. The number of benzene rings is 3.